The number of nitriles is 1. The highest BCUT2D eigenvalue weighted by molar-refractivity contribution is 5.45. The summed E-state index contributed by atoms with van der Waals surface area (Å²) in [5.74, 6) is 0.360. The number of aliphatic hydroxyl groups excluding tert-OH is 1. The van der Waals surface area contributed by atoms with Crippen LogP contribution in [0.2, 0.25) is 0 Å². The third-order valence-electron chi connectivity index (χ3n) is 9.10. The standard InChI is InChI=1S/C36H53FN2O3/c1-4-5-6-7-8-9-10-11-13-22-36(28-39-23-14-12-15-24-39,31-18-21-33(41-2)34(25-31)42-3)26-30(27-38)35(40)29-16-19-32(37)20-17-29/h16-21,25,30,35,40H,4-15,22-24,26,28H2,1-3H3. The third kappa shape index (κ3) is 9.99. The number of ether oxygens (including phenoxy) is 2. The molecule has 3 atom stereocenters. The highest BCUT2D eigenvalue weighted by Crippen LogP contribution is 2.44. The van der Waals surface area contributed by atoms with Crippen molar-refractivity contribution in [2.45, 2.75) is 108 Å². The van der Waals surface area contributed by atoms with Crippen LogP contribution in [0.3, 0.4) is 0 Å². The number of piperidine rings is 1. The number of rotatable bonds is 19. The second-order valence-electron chi connectivity index (χ2n) is 12.2. The van der Waals surface area contributed by atoms with Crippen LogP contribution in [0.25, 0.3) is 0 Å². The molecule has 6 heteroatoms. The van der Waals surface area contributed by atoms with E-state index in [0.29, 0.717) is 23.5 Å². The summed E-state index contributed by atoms with van der Waals surface area (Å²) >= 11 is 0. The van der Waals surface area contributed by atoms with E-state index in [4.69, 9.17) is 9.47 Å². The molecule has 1 fully saturated rings. The summed E-state index contributed by atoms with van der Waals surface area (Å²) < 4.78 is 24.9. The van der Waals surface area contributed by atoms with E-state index in [9.17, 15) is 14.8 Å². The van der Waals surface area contributed by atoms with Crippen molar-refractivity contribution in [3.05, 3.63) is 59.4 Å². The summed E-state index contributed by atoms with van der Waals surface area (Å²) in [6.07, 6.45) is 15.3. The van der Waals surface area contributed by atoms with Crippen LogP contribution in [-0.2, 0) is 5.41 Å². The average molecular weight is 581 g/mol. The van der Waals surface area contributed by atoms with Crippen LogP contribution in [0.4, 0.5) is 4.39 Å². The molecule has 0 bridgehead atoms. The quantitative estimate of drug-likeness (QED) is 0.168. The molecule has 0 spiro atoms. The first-order chi connectivity index (χ1) is 20.5. The lowest BCUT2D eigenvalue weighted by molar-refractivity contribution is 0.0931. The summed E-state index contributed by atoms with van der Waals surface area (Å²) in [4.78, 5) is 2.55. The molecule has 2 aromatic rings. The van der Waals surface area contributed by atoms with Gasteiger partial charge >= 0.3 is 0 Å². The van der Waals surface area contributed by atoms with Crippen LogP contribution in [0.1, 0.15) is 114 Å². The zero-order valence-corrected chi connectivity index (χ0v) is 26.3. The van der Waals surface area contributed by atoms with Gasteiger partial charge in [0, 0.05) is 12.0 Å². The molecule has 1 aliphatic heterocycles. The highest BCUT2D eigenvalue weighted by Gasteiger charge is 2.39. The van der Waals surface area contributed by atoms with Crippen molar-refractivity contribution in [2.24, 2.45) is 5.92 Å². The Labute approximate surface area is 254 Å². The molecule has 232 valence electrons. The summed E-state index contributed by atoms with van der Waals surface area (Å²) in [5.41, 5.74) is 1.33. The van der Waals surface area contributed by atoms with Gasteiger partial charge < -0.3 is 19.5 Å². The molecule has 3 rings (SSSR count). The van der Waals surface area contributed by atoms with Gasteiger partial charge in [-0.1, -0.05) is 89.3 Å². The number of likely N-dealkylation sites (tertiary alicyclic amines) is 1. The van der Waals surface area contributed by atoms with E-state index in [2.05, 4.69) is 30.0 Å². The van der Waals surface area contributed by atoms with Crippen molar-refractivity contribution in [2.75, 3.05) is 33.9 Å². The van der Waals surface area contributed by atoms with Crippen molar-refractivity contribution in [1.82, 2.24) is 4.90 Å². The number of hydrogen-bond donors (Lipinski definition) is 1. The topological polar surface area (TPSA) is 65.7 Å². The van der Waals surface area contributed by atoms with Crippen molar-refractivity contribution < 1.29 is 19.0 Å². The average Bonchev–Trinajstić information content (AvgIpc) is 3.02. The zero-order chi connectivity index (χ0) is 30.2. The second-order valence-corrected chi connectivity index (χ2v) is 12.2. The molecule has 0 aliphatic carbocycles. The predicted octanol–water partition coefficient (Wildman–Crippen LogP) is 8.75. The normalized spacial score (nSPS) is 16.8. The summed E-state index contributed by atoms with van der Waals surface area (Å²) in [6.45, 7) is 5.17. The van der Waals surface area contributed by atoms with Gasteiger partial charge in [-0.15, -0.1) is 0 Å². The van der Waals surface area contributed by atoms with Crippen LogP contribution in [-0.4, -0.2) is 43.9 Å². The Morgan fingerprint density at radius 2 is 1.50 bits per heavy atom. The molecular weight excluding hydrogens is 527 g/mol. The molecule has 1 aliphatic rings. The van der Waals surface area contributed by atoms with Crippen molar-refractivity contribution in [3.8, 4) is 17.6 Å². The Balaban J connectivity index is 1.91. The maximum Gasteiger partial charge on any atom is 0.161 e. The molecular formula is C36H53FN2O3. The van der Waals surface area contributed by atoms with E-state index >= 15 is 0 Å². The van der Waals surface area contributed by atoms with Crippen LogP contribution in [0.5, 0.6) is 11.5 Å². The fourth-order valence-corrected chi connectivity index (χ4v) is 6.63. The molecule has 1 heterocycles. The molecule has 5 nitrogen and oxygen atoms in total. The van der Waals surface area contributed by atoms with Gasteiger partial charge in [-0.05, 0) is 74.2 Å². The lowest BCUT2D eigenvalue weighted by Crippen LogP contribution is -2.45. The number of unbranched alkanes of at least 4 members (excludes halogenated alkanes) is 8. The van der Waals surface area contributed by atoms with Crippen molar-refractivity contribution in [3.63, 3.8) is 0 Å². The van der Waals surface area contributed by atoms with Gasteiger partial charge in [-0.3, -0.25) is 0 Å². The largest absolute Gasteiger partial charge is 0.493 e. The van der Waals surface area contributed by atoms with E-state index in [0.717, 1.165) is 44.5 Å². The lowest BCUT2D eigenvalue weighted by Gasteiger charge is -2.42. The zero-order valence-electron chi connectivity index (χ0n) is 26.3. The predicted molar refractivity (Wildman–Crippen MR) is 168 cm³/mol. The van der Waals surface area contributed by atoms with E-state index in [-0.39, 0.29) is 11.2 Å². The second kappa shape index (κ2) is 18.1. The van der Waals surface area contributed by atoms with Crippen LogP contribution in [0, 0.1) is 23.1 Å². The lowest BCUT2D eigenvalue weighted by atomic mass is 9.68. The molecule has 0 radical (unpaired) electrons. The maximum atomic E-state index is 13.7. The summed E-state index contributed by atoms with van der Waals surface area (Å²) in [7, 11) is 3.30. The SMILES string of the molecule is CCCCCCCCCCCC(CC(C#N)C(O)c1ccc(F)cc1)(CN1CCCCC1)c1ccc(OC)c(OC)c1. The first-order valence-corrected chi connectivity index (χ1v) is 16.2. The number of nitrogens with zero attached hydrogens (tertiary/aromatic N) is 2. The Kier molecular flexibility index (Phi) is 14.6. The van der Waals surface area contributed by atoms with Crippen LogP contribution in [0.15, 0.2) is 42.5 Å². The van der Waals surface area contributed by atoms with E-state index in [1.807, 2.05) is 6.07 Å². The smallest absolute Gasteiger partial charge is 0.161 e. The van der Waals surface area contributed by atoms with Crippen LogP contribution < -0.4 is 9.47 Å². The number of benzene rings is 2. The molecule has 0 aromatic heterocycles. The fourth-order valence-electron chi connectivity index (χ4n) is 6.63. The van der Waals surface area contributed by atoms with Gasteiger partial charge in [0.2, 0.25) is 0 Å². The van der Waals surface area contributed by atoms with Gasteiger partial charge in [0.15, 0.2) is 11.5 Å². The highest BCUT2D eigenvalue weighted by atomic mass is 19.1. The minimum absolute atomic E-state index is 0.352. The fraction of sp³-hybridized carbons (Fsp3) is 0.639. The van der Waals surface area contributed by atoms with Crippen LogP contribution >= 0.6 is 0 Å². The van der Waals surface area contributed by atoms with Gasteiger partial charge in [0.25, 0.3) is 0 Å². The molecule has 0 amide bonds. The Morgan fingerprint density at radius 3 is 2.10 bits per heavy atom. The monoisotopic (exact) mass is 580 g/mol. The van der Waals surface area contributed by atoms with E-state index < -0.39 is 12.0 Å². The van der Waals surface area contributed by atoms with E-state index in [1.54, 1.807) is 26.4 Å². The minimum Gasteiger partial charge on any atom is -0.493 e. The molecule has 3 unspecified atom stereocenters. The van der Waals surface area contributed by atoms with E-state index in [1.165, 1.54) is 76.3 Å². The third-order valence-corrected chi connectivity index (χ3v) is 9.10. The van der Waals surface area contributed by atoms with Gasteiger partial charge in [-0.25, -0.2) is 4.39 Å². The van der Waals surface area contributed by atoms with Gasteiger partial charge in [0.05, 0.1) is 32.3 Å². The summed E-state index contributed by atoms with van der Waals surface area (Å²) in [6, 6.07) is 14.5. The summed E-state index contributed by atoms with van der Waals surface area (Å²) in [5, 5.41) is 21.8. The molecule has 42 heavy (non-hydrogen) atoms. The van der Waals surface area contributed by atoms with Crippen molar-refractivity contribution >= 4 is 0 Å². The van der Waals surface area contributed by atoms with Gasteiger partial charge in [-0.2, -0.15) is 5.26 Å². The first kappa shape index (κ1) is 33.9. The Bertz CT molecular complexity index is 1080. The molecule has 0 saturated carbocycles. The minimum atomic E-state index is -1.00. The number of methoxy groups -OCH3 is 2. The van der Waals surface area contributed by atoms with Crippen molar-refractivity contribution in [1.29, 1.82) is 5.26 Å². The molecule has 1 saturated heterocycles. The number of aliphatic hydroxyl groups is 1. The maximum absolute atomic E-state index is 13.7. The molecule has 1 N–H and O–H groups in total. The first-order valence-electron chi connectivity index (χ1n) is 16.2. The Morgan fingerprint density at radius 1 is 0.881 bits per heavy atom. The van der Waals surface area contributed by atoms with Gasteiger partial charge in [0.1, 0.15) is 5.82 Å². The number of halogens is 1. The molecule has 2 aromatic carbocycles. The number of hydrogen-bond acceptors (Lipinski definition) is 5. The Hall–Kier alpha value is -2.62.